The second-order valence-electron chi connectivity index (χ2n) is 2.49. The molecule has 2 heterocycles. The fourth-order valence-corrected chi connectivity index (χ4v) is 0.926. The highest BCUT2D eigenvalue weighted by Gasteiger charge is 2.05. The van der Waals surface area contributed by atoms with Gasteiger partial charge in [-0.2, -0.15) is 10.1 Å². The molecule has 0 unspecified atom stereocenters. The molecule has 2 aromatic heterocycles. The predicted molar refractivity (Wildman–Crippen MR) is 41.0 cm³/mol. The lowest BCUT2D eigenvalue weighted by atomic mass is 10.6. The molecule has 0 aliphatic carbocycles. The molecule has 7 nitrogen and oxygen atoms in total. The summed E-state index contributed by atoms with van der Waals surface area (Å²) in [5.74, 6) is 0.908. The molecular formula is C6H7N5O2. The van der Waals surface area contributed by atoms with Crippen LogP contribution in [0.1, 0.15) is 11.7 Å². The third-order valence-electron chi connectivity index (χ3n) is 1.47. The van der Waals surface area contributed by atoms with Crippen LogP contribution in [0.15, 0.2) is 15.6 Å². The Hall–Kier alpha value is -1.92. The van der Waals surface area contributed by atoms with Crippen LogP contribution in [0.5, 0.6) is 0 Å². The molecule has 0 radical (unpaired) electrons. The maximum Gasteiger partial charge on any atom is 0.343 e. The number of aromatic amines is 1. The van der Waals surface area contributed by atoms with E-state index in [9.17, 15) is 4.79 Å². The van der Waals surface area contributed by atoms with Crippen molar-refractivity contribution < 1.29 is 4.52 Å². The fourth-order valence-electron chi connectivity index (χ4n) is 0.926. The Labute approximate surface area is 72.4 Å². The van der Waals surface area contributed by atoms with Gasteiger partial charge in [-0.15, -0.1) is 0 Å². The second kappa shape index (κ2) is 2.85. The molecule has 0 saturated carbocycles. The van der Waals surface area contributed by atoms with Gasteiger partial charge in [0.2, 0.25) is 5.89 Å². The Morgan fingerprint density at radius 1 is 1.69 bits per heavy atom. The first-order valence-corrected chi connectivity index (χ1v) is 3.65. The van der Waals surface area contributed by atoms with Gasteiger partial charge in [-0.1, -0.05) is 5.16 Å². The molecule has 68 valence electrons. The van der Waals surface area contributed by atoms with E-state index in [1.807, 2.05) is 0 Å². The summed E-state index contributed by atoms with van der Waals surface area (Å²) in [4.78, 5) is 17.3. The molecule has 0 fully saturated rings. The van der Waals surface area contributed by atoms with Crippen LogP contribution in [0.3, 0.4) is 0 Å². The number of nitrogens with one attached hydrogen (secondary N) is 1. The highest BCUT2D eigenvalue weighted by Crippen LogP contribution is 1.95. The predicted octanol–water partition coefficient (Wildman–Crippen LogP) is -0.689. The van der Waals surface area contributed by atoms with Crippen molar-refractivity contribution >= 4 is 0 Å². The topological polar surface area (TPSA) is 89.6 Å². The quantitative estimate of drug-likeness (QED) is 0.662. The lowest BCUT2D eigenvalue weighted by Crippen LogP contribution is -2.18. The summed E-state index contributed by atoms with van der Waals surface area (Å²) < 4.78 is 6.02. The van der Waals surface area contributed by atoms with Gasteiger partial charge in [0.05, 0.1) is 0 Å². The second-order valence-corrected chi connectivity index (χ2v) is 2.49. The van der Waals surface area contributed by atoms with Gasteiger partial charge in [-0.05, 0) is 6.92 Å². The zero-order valence-electron chi connectivity index (χ0n) is 6.89. The molecule has 2 aromatic rings. The van der Waals surface area contributed by atoms with Crippen LogP contribution in [-0.4, -0.2) is 24.9 Å². The van der Waals surface area contributed by atoms with Gasteiger partial charge in [0.25, 0.3) is 0 Å². The van der Waals surface area contributed by atoms with Crippen LogP contribution >= 0.6 is 0 Å². The zero-order valence-corrected chi connectivity index (χ0v) is 6.89. The number of nitrogens with zero attached hydrogens (tertiary/aromatic N) is 4. The third kappa shape index (κ3) is 1.48. The summed E-state index contributed by atoms with van der Waals surface area (Å²) in [6.45, 7) is 1.91. The zero-order chi connectivity index (χ0) is 9.26. The number of hydrogen-bond donors (Lipinski definition) is 1. The standard InChI is InChI=1S/C6H7N5O2/c1-4-9-5(13-10-4)2-11-6(12)7-3-8-11/h3H,2H2,1H3,(H,7,8,12). The maximum atomic E-state index is 11.0. The summed E-state index contributed by atoms with van der Waals surface area (Å²) in [6, 6.07) is 0. The summed E-state index contributed by atoms with van der Waals surface area (Å²) in [5.41, 5.74) is -0.296. The molecule has 0 aliphatic rings. The van der Waals surface area contributed by atoms with Crippen molar-refractivity contribution in [3.8, 4) is 0 Å². The molecule has 0 bridgehead atoms. The largest absolute Gasteiger partial charge is 0.343 e. The Morgan fingerprint density at radius 2 is 2.54 bits per heavy atom. The molecule has 13 heavy (non-hydrogen) atoms. The molecule has 7 heteroatoms. The molecule has 0 saturated heterocycles. The van der Waals surface area contributed by atoms with Gasteiger partial charge in [0.1, 0.15) is 12.9 Å². The van der Waals surface area contributed by atoms with Crippen LogP contribution in [0.2, 0.25) is 0 Å². The molecule has 2 rings (SSSR count). The van der Waals surface area contributed by atoms with Crippen molar-refractivity contribution in [3.05, 3.63) is 28.5 Å². The summed E-state index contributed by atoms with van der Waals surface area (Å²) in [5, 5.41) is 7.33. The SMILES string of the molecule is Cc1noc(Cn2nc[nH]c2=O)n1. The van der Waals surface area contributed by atoms with Gasteiger partial charge >= 0.3 is 5.69 Å². The van der Waals surface area contributed by atoms with E-state index in [-0.39, 0.29) is 12.2 Å². The monoisotopic (exact) mass is 181 g/mol. The van der Waals surface area contributed by atoms with Gasteiger partial charge in [0.15, 0.2) is 5.82 Å². The normalized spacial score (nSPS) is 10.5. The number of aryl methyl sites for hydroxylation is 1. The molecule has 0 spiro atoms. The summed E-state index contributed by atoms with van der Waals surface area (Å²) in [6.07, 6.45) is 1.31. The molecule has 0 amide bonds. The van der Waals surface area contributed by atoms with Gasteiger partial charge in [-0.25, -0.2) is 9.48 Å². The van der Waals surface area contributed by atoms with Crippen LogP contribution in [0.25, 0.3) is 0 Å². The maximum absolute atomic E-state index is 11.0. The van der Waals surface area contributed by atoms with E-state index in [1.165, 1.54) is 11.0 Å². The Kier molecular flexibility index (Phi) is 1.69. The highest BCUT2D eigenvalue weighted by atomic mass is 16.5. The van der Waals surface area contributed by atoms with Crippen LogP contribution in [0, 0.1) is 6.92 Å². The van der Waals surface area contributed by atoms with E-state index in [0.717, 1.165) is 0 Å². The highest BCUT2D eigenvalue weighted by molar-refractivity contribution is 4.83. The first-order chi connectivity index (χ1) is 6.25. The van der Waals surface area contributed by atoms with Gasteiger partial charge in [0, 0.05) is 0 Å². The fraction of sp³-hybridized carbons (Fsp3) is 0.333. The van der Waals surface area contributed by atoms with E-state index in [0.29, 0.717) is 11.7 Å². The van der Waals surface area contributed by atoms with Gasteiger partial charge < -0.3 is 4.52 Å². The number of H-pyrrole nitrogens is 1. The first kappa shape index (κ1) is 7.71. The molecule has 1 N–H and O–H groups in total. The number of rotatable bonds is 2. The Morgan fingerprint density at radius 3 is 3.08 bits per heavy atom. The minimum Gasteiger partial charge on any atom is -0.337 e. The molecular weight excluding hydrogens is 174 g/mol. The van der Waals surface area contributed by atoms with E-state index < -0.39 is 0 Å². The number of hydrogen-bond acceptors (Lipinski definition) is 5. The van der Waals surface area contributed by atoms with E-state index in [2.05, 4.69) is 20.2 Å². The van der Waals surface area contributed by atoms with Crippen molar-refractivity contribution in [2.24, 2.45) is 0 Å². The van der Waals surface area contributed by atoms with Crippen LogP contribution < -0.4 is 5.69 Å². The number of aromatic nitrogens is 5. The van der Waals surface area contributed by atoms with E-state index in [1.54, 1.807) is 6.92 Å². The van der Waals surface area contributed by atoms with E-state index in [4.69, 9.17) is 4.52 Å². The smallest absolute Gasteiger partial charge is 0.337 e. The molecule has 0 aromatic carbocycles. The average Bonchev–Trinajstić information content (AvgIpc) is 2.64. The van der Waals surface area contributed by atoms with Gasteiger partial charge in [-0.3, -0.25) is 4.98 Å². The Bertz CT molecular complexity index is 453. The first-order valence-electron chi connectivity index (χ1n) is 3.65. The van der Waals surface area contributed by atoms with Crippen molar-refractivity contribution in [1.29, 1.82) is 0 Å². The Balaban J connectivity index is 2.24. The third-order valence-corrected chi connectivity index (χ3v) is 1.47. The van der Waals surface area contributed by atoms with Crippen molar-refractivity contribution in [2.45, 2.75) is 13.5 Å². The van der Waals surface area contributed by atoms with E-state index >= 15 is 0 Å². The lowest BCUT2D eigenvalue weighted by molar-refractivity contribution is 0.361. The average molecular weight is 181 g/mol. The summed E-state index contributed by atoms with van der Waals surface area (Å²) >= 11 is 0. The summed E-state index contributed by atoms with van der Waals surface area (Å²) in [7, 11) is 0. The van der Waals surface area contributed by atoms with Crippen LogP contribution in [0.4, 0.5) is 0 Å². The minimum atomic E-state index is -0.296. The molecule has 0 atom stereocenters. The van der Waals surface area contributed by atoms with Crippen LogP contribution in [-0.2, 0) is 6.54 Å². The van der Waals surface area contributed by atoms with Crippen molar-refractivity contribution in [2.75, 3.05) is 0 Å². The lowest BCUT2D eigenvalue weighted by Gasteiger charge is -1.90. The van der Waals surface area contributed by atoms with Crippen molar-refractivity contribution in [3.63, 3.8) is 0 Å². The minimum absolute atomic E-state index is 0.198. The molecule has 0 aliphatic heterocycles. The van der Waals surface area contributed by atoms with Crippen molar-refractivity contribution in [1.82, 2.24) is 24.9 Å².